The molecule has 1 aromatic rings. The first-order valence-electron chi connectivity index (χ1n) is 4.60. The van der Waals surface area contributed by atoms with Crippen molar-refractivity contribution in [2.75, 3.05) is 6.61 Å². The molecule has 0 atom stereocenters. The second-order valence-corrected chi connectivity index (χ2v) is 3.20. The maximum Gasteiger partial charge on any atom is 0.162 e. The highest BCUT2D eigenvalue weighted by molar-refractivity contribution is 5.96. The van der Waals surface area contributed by atoms with Gasteiger partial charge in [-0.2, -0.15) is 0 Å². The summed E-state index contributed by atoms with van der Waals surface area (Å²) >= 11 is 0. The molecule has 13 heavy (non-hydrogen) atoms. The van der Waals surface area contributed by atoms with Gasteiger partial charge in [0.05, 0.1) is 6.61 Å². The number of hydrogen-bond acceptors (Lipinski definition) is 2. The lowest BCUT2D eigenvalue weighted by molar-refractivity contribution is 0.0988. The summed E-state index contributed by atoms with van der Waals surface area (Å²) < 4.78 is 5.38. The summed E-state index contributed by atoms with van der Waals surface area (Å²) in [7, 11) is 0. The SMILES string of the molecule is CCC(=O)c1ccc2c(c1)OCC2. The van der Waals surface area contributed by atoms with E-state index in [0.717, 1.165) is 24.3 Å². The summed E-state index contributed by atoms with van der Waals surface area (Å²) in [6.07, 6.45) is 1.52. The molecule has 1 heterocycles. The van der Waals surface area contributed by atoms with Crippen molar-refractivity contribution in [3.8, 4) is 5.75 Å². The molecule has 0 aromatic heterocycles. The minimum Gasteiger partial charge on any atom is -0.493 e. The molecule has 0 aliphatic carbocycles. The fourth-order valence-corrected chi connectivity index (χ4v) is 1.54. The van der Waals surface area contributed by atoms with Crippen LogP contribution in [0, 0.1) is 0 Å². The fraction of sp³-hybridized carbons (Fsp3) is 0.364. The van der Waals surface area contributed by atoms with Gasteiger partial charge in [0.25, 0.3) is 0 Å². The number of benzene rings is 1. The number of rotatable bonds is 2. The van der Waals surface area contributed by atoms with Gasteiger partial charge in [-0.25, -0.2) is 0 Å². The molecular weight excluding hydrogens is 164 g/mol. The molecule has 0 amide bonds. The first kappa shape index (κ1) is 8.30. The van der Waals surface area contributed by atoms with Gasteiger partial charge in [0, 0.05) is 18.4 Å². The average Bonchev–Trinajstić information content (AvgIpc) is 2.63. The van der Waals surface area contributed by atoms with Gasteiger partial charge in [-0.05, 0) is 11.6 Å². The zero-order chi connectivity index (χ0) is 9.26. The van der Waals surface area contributed by atoms with Crippen LogP contribution in [0.25, 0.3) is 0 Å². The summed E-state index contributed by atoms with van der Waals surface area (Å²) in [6.45, 7) is 2.62. The maximum atomic E-state index is 11.4. The van der Waals surface area contributed by atoms with Crippen molar-refractivity contribution in [2.45, 2.75) is 19.8 Å². The second-order valence-electron chi connectivity index (χ2n) is 3.20. The van der Waals surface area contributed by atoms with Crippen molar-refractivity contribution in [3.63, 3.8) is 0 Å². The number of fused-ring (bicyclic) bond motifs is 1. The van der Waals surface area contributed by atoms with Crippen molar-refractivity contribution in [3.05, 3.63) is 29.3 Å². The quantitative estimate of drug-likeness (QED) is 0.646. The smallest absolute Gasteiger partial charge is 0.162 e. The first-order valence-corrected chi connectivity index (χ1v) is 4.60. The summed E-state index contributed by atoms with van der Waals surface area (Å²) in [5.74, 6) is 1.07. The highest BCUT2D eigenvalue weighted by atomic mass is 16.5. The molecule has 68 valence electrons. The van der Waals surface area contributed by atoms with E-state index < -0.39 is 0 Å². The molecule has 0 bridgehead atoms. The van der Waals surface area contributed by atoms with Crippen molar-refractivity contribution in [2.24, 2.45) is 0 Å². The van der Waals surface area contributed by atoms with Crippen molar-refractivity contribution in [1.29, 1.82) is 0 Å². The predicted octanol–water partition coefficient (Wildman–Crippen LogP) is 2.21. The van der Waals surface area contributed by atoms with Crippen molar-refractivity contribution in [1.82, 2.24) is 0 Å². The Balaban J connectivity index is 2.36. The van der Waals surface area contributed by atoms with E-state index in [9.17, 15) is 4.79 Å². The molecule has 0 saturated carbocycles. The van der Waals surface area contributed by atoms with Gasteiger partial charge < -0.3 is 4.74 Å². The molecule has 0 saturated heterocycles. The van der Waals surface area contributed by atoms with Crippen LogP contribution in [0.4, 0.5) is 0 Å². The standard InChI is InChI=1S/C11H12O2/c1-2-10(12)9-4-3-8-5-6-13-11(8)7-9/h3-4,7H,2,5-6H2,1H3. The van der Waals surface area contributed by atoms with E-state index in [2.05, 4.69) is 0 Å². The minimum absolute atomic E-state index is 0.179. The molecule has 1 aliphatic heterocycles. The van der Waals surface area contributed by atoms with Gasteiger partial charge in [0.1, 0.15) is 5.75 Å². The molecule has 2 heteroatoms. The Hall–Kier alpha value is -1.31. The highest BCUT2D eigenvalue weighted by Gasteiger charge is 2.13. The molecule has 0 unspecified atom stereocenters. The summed E-state index contributed by atoms with van der Waals surface area (Å²) in [6, 6.07) is 5.73. The zero-order valence-corrected chi connectivity index (χ0v) is 7.67. The van der Waals surface area contributed by atoms with E-state index >= 15 is 0 Å². The number of hydrogen-bond donors (Lipinski definition) is 0. The maximum absolute atomic E-state index is 11.4. The lowest BCUT2D eigenvalue weighted by atomic mass is 10.1. The Kier molecular flexibility index (Phi) is 2.05. The van der Waals surface area contributed by atoms with Gasteiger partial charge in [-0.1, -0.05) is 19.1 Å². The summed E-state index contributed by atoms with van der Waals surface area (Å²) in [4.78, 5) is 11.4. The Morgan fingerprint density at radius 3 is 3.15 bits per heavy atom. The molecule has 0 fully saturated rings. The molecule has 1 aliphatic rings. The van der Waals surface area contributed by atoms with Crippen LogP contribution in [0.5, 0.6) is 5.75 Å². The molecule has 0 N–H and O–H groups in total. The molecule has 2 nitrogen and oxygen atoms in total. The van der Waals surface area contributed by atoms with E-state index in [4.69, 9.17) is 4.74 Å². The lowest BCUT2D eigenvalue weighted by Crippen LogP contribution is -1.96. The molecule has 1 aromatic carbocycles. The van der Waals surface area contributed by atoms with E-state index in [1.165, 1.54) is 5.56 Å². The largest absolute Gasteiger partial charge is 0.493 e. The van der Waals surface area contributed by atoms with E-state index in [-0.39, 0.29) is 5.78 Å². The van der Waals surface area contributed by atoms with Crippen LogP contribution >= 0.6 is 0 Å². The van der Waals surface area contributed by atoms with Gasteiger partial charge in [-0.15, -0.1) is 0 Å². The third-order valence-electron chi connectivity index (χ3n) is 2.34. The molecule has 0 spiro atoms. The van der Waals surface area contributed by atoms with Crippen LogP contribution in [-0.4, -0.2) is 12.4 Å². The van der Waals surface area contributed by atoms with Crippen molar-refractivity contribution >= 4 is 5.78 Å². The van der Waals surface area contributed by atoms with Gasteiger partial charge in [0.2, 0.25) is 0 Å². The monoisotopic (exact) mass is 176 g/mol. The number of Topliss-reactive ketones (excluding diaryl/α,β-unsaturated/α-hetero) is 1. The van der Waals surface area contributed by atoms with Crippen LogP contribution < -0.4 is 4.74 Å². The number of carbonyl (C=O) groups excluding carboxylic acids is 1. The zero-order valence-electron chi connectivity index (χ0n) is 7.67. The molecule has 2 rings (SSSR count). The summed E-state index contributed by atoms with van der Waals surface area (Å²) in [5, 5.41) is 0. The number of ether oxygens (including phenoxy) is 1. The topological polar surface area (TPSA) is 26.3 Å². The summed E-state index contributed by atoms with van der Waals surface area (Å²) in [5.41, 5.74) is 1.98. The molecular formula is C11H12O2. The van der Waals surface area contributed by atoms with E-state index in [0.29, 0.717) is 6.42 Å². The number of carbonyl (C=O) groups is 1. The van der Waals surface area contributed by atoms with Crippen LogP contribution in [0.15, 0.2) is 18.2 Å². The van der Waals surface area contributed by atoms with Crippen LogP contribution in [0.3, 0.4) is 0 Å². The first-order chi connectivity index (χ1) is 6.31. The van der Waals surface area contributed by atoms with Gasteiger partial charge >= 0.3 is 0 Å². The third kappa shape index (κ3) is 1.44. The Bertz CT molecular complexity index is 342. The Labute approximate surface area is 77.5 Å². The van der Waals surface area contributed by atoms with Gasteiger partial charge in [-0.3, -0.25) is 4.79 Å². The third-order valence-corrected chi connectivity index (χ3v) is 2.34. The Morgan fingerprint density at radius 2 is 2.38 bits per heavy atom. The normalized spacial score (nSPS) is 13.6. The van der Waals surface area contributed by atoms with E-state index in [1.807, 2.05) is 25.1 Å². The van der Waals surface area contributed by atoms with Crippen LogP contribution in [0.2, 0.25) is 0 Å². The van der Waals surface area contributed by atoms with E-state index in [1.54, 1.807) is 0 Å². The van der Waals surface area contributed by atoms with Crippen LogP contribution in [-0.2, 0) is 6.42 Å². The minimum atomic E-state index is 0.179. The van der Waals surface area contributed by atoms with Gasteiger partial charge in [0.15, 0.2) is 5.78 Å². The second kappa shape index (κ2) is 3.21. The lowest BCUT2D eigenvalue weighted by Gasteiger charge is -2.01. The average molecular weight is 176 g/mol. The Morgan fingerprint density at radius 1 is 1.54 bits per heavy atom. The van der Waals surface area contributed by atoms with Crippen molar-refractivity contribution < 1.29 is 9.53 Å². The van der Waals surface area contributed by atoms with Crippen LogP contribution in [0.1, 0.15) is 29.3 Å². The fourth-order valence-electron chi connectivity index (χ4n) is 1.54. The highest BCUT2D eigenvalue weighted by Crippen LogP contribution is 2.26. The molecule has 0 radical (unpaired) electrons. The predicted molar refractivity (Wildman–Crippen MR) is 50.3 cm³/mol. The number of ketones is 1.